The number of aliphatic carboxylic acids is 1. The number of pyridine rings is 1. The van der Waals surface area contributed by atoms with Crippen molar-refractivity contribution in [2.24, 2.45) is 5.92 Å². The molecule has 1 N–H and O–H groups in total. The van der Waals surface area contributed by atoms with Gasteiger partial charge in [-0.3, -0.25) is 9.88 Å². The second-order valence-electron chi connectivity index (χ2n) is 4.94. The predicted octanol–water partition coefficient (Wildman–Crippen LogP) is 1.72. The predicted molar refractivity (Wildman–Crippen MR) is 64.6 cm³/mol. The van der Waals surface area contributed by atoms with Crippen LogP contribution in [-0.2, 0) is 10.3 Å². The molecule has 0 bridgehead atoms. The lowest BCUT2D eigenvalue weighted by Gasteiger charge is -2.35. The summed E-state index contributed by atoms with van der Waals surface area (Å²) in [4.78, 5) is 17.5. The quantitative estimate of drug-likeness (QED) is 0.843. The van der Waals surface area contributed by atoms with E-state index in [-0.39, 0.29) is 0 Å². The van der Waals surface area contributed by atoms with Crippen LogP contribution >= 0.6 is 0 Å². The van der Waals surface area contributed by atoms with Crippen molar-refractivity contribution in [2.75, 3.05) is 13.6 Å². The number of nitrogens with zero attached hydrogens (tertiary/aromatic N) is 2. The molecular weight excluding hydrogens is 216 g/mol. The Morgan fingerprint density at radius 1 is 1.65 bits per heavy atom. The van der Waals surface area contributed by atoms with Gasteiger partial charge in [0.15, 0.2) is 0 Å². The molecule has 1 aromatic rings. The number of rotatable bonds is 5. The van der Waals surface area contributed by atoms with Gasteiger partial charge in [-0.2, -0.15) is 0 Å². The van der Waals surface area contributed by atoms with Crippen molar-refractivity contribution in [2.45, 2.75) is 25.3 Å². The van der Waals surface area contributed by atoms with Crippen molar-refractivity contribution in [3.63, 3.8) is 0 Å². The molecule has 92 valence electrons. The van der Waals surface area contributed by atoms with Crippen molar-refractivity contribution in [3.05, 3.63) is 30.1 Å². The average molecular weight is 234 g/mol. The molecular formula is C13H18N2O2. The van der Waals surface area contributed by atoms with Gasteiger partial charge in [-0.25, -0.2) is 4.79 Å². The number of hydrogen-bond donors (Lipinski definition) is 1. The second-order valence-corrected chi connectivity index (χ2v) is 4.94. The third kappa shape index (κ3) is 2.31. The topological polar surface area (TPSA) is 53.4 Å². The first-order chi connectivity index (χ1) is 8.05. The van der Waals surface area contributed by atoms with Gasteiger partial charge in [0.25, 0.3) is 0 Å². The van der Waals surface area contributed by atoms with Crippen LogP contribution in [0.2, 0.25) is 0 Å². The van der Waals surface area contributed by atoms with Gasteiger partial charge in [0.1, 0.15) is 5.54 Å². The molecule has 0 amide bonds. The molecule has 1 heterocycles. The Morgan fingerprint density at radius 2 is 2.35 bits per heavy atom. The molecule has 0 saturated heterocycles. The summed E-state index contributed by atoms with van der Waals surface area (Å²) in [5, 5.41) is 9.52. The Hall–Kier alpha value is -1.42. The zero-order valence-corrected chi connectivity index (χ0v) is 10.3. The molecule has 2 rings (SSSR count). The first-order valence-electron chi connectivity index (χ1n) is 5.90. The lowest BCUT2D eigenvalue weighted by Crippen LogP contribution is -2.48. The normalized spacial score (nSPS) is 19.0. The van der Waals surface area contributed by atoms with Gasteiger partial charge in [-0.15, -0.1) is 0 Å². The standard InChI is InChI=1S/C13H18N2O2/c1-13(12(16)17,11-4-3-7-14-8-11)15(2)9-10-5-6-10/h3-4,7-8,10H,5-6,9H2,1-2H3,(H,16,17). The molecule has 1 aromatic heterocycles. The number of aromatic nitrogens is 1. The summed E-state index contributed by atoms with van der Waals surface area (Å²) in [6, 6.07) is 3.60. The fourth-order valence-electron chi connectivity index (χ4n) is 2.03. The highest BCUT2D eigenvalue weighted by molar-refractivity contribution is 5.80. The lowest BCUT2D eigenvalue weighted by atomic mass is 9.91. The largest absolute Gasteiger partial charge is 0.480 e. The summed E-state index contributed by atoms with van der Waals surface area (Å²) >= 11 is 0. The van der Waals surface area contributed by atoms with Crippen LogP contribution in [0, 0.1) is 5.92 Å². The molecule has 1 aliphatic rings. The summed E-state index contributed by atoms with van der Waals surface area (Å²) in [6.07, 6.45) is 5.73. The van der Waals surface area contributed by atoms with Crippen LogP contribution in [0.15, 0.2) is 24.5 Å². The van der Waals surface area contributed by atoms with E-state index in [0.717, 1.165) is 12.1 Å². The molecule has 1 fully saturated rings. The van der Waals surface area contributed by atoms with E-state index in [2.05, 4.69) is 4.98 Å². The first kappa shape index (κ1) is 12.0. The molecule has 1 aliphatic carbocycles. The van der Waals surface area contributed by atoms with E-state index in [1.54, 1.807) is 25.4 Å². The Morgan fingerprint density at radius 3 is 2.82 bits per heavy atom. The zero-order valence-electron chi connectivity index (χ0n) is 10.3. The molecule has 4 heteroatoms. The Labute approximate surface area is 101 Å². The van der Waals surface area contributed by atoms with E-state index in [1.807, 2.05) is 18.0 Å². The Kier molecular flexibility index (Phi) is 3.15. The van der Waals surface area contributed by atoms with Gasteiger partial charge < -0.3 is 5.11 Å². The summed E-state index contributed by atoms with van der Waals surface area (Å²) in [7, 11) is 1.87. The number of hydrogen-bond acceptors (Lipinski definition) is 3. The van der Waals surface area contributed by atoms with Crippen molar-refractivity contribution >= 4 is 5.97 Å². The Balaban J connectivity index is 2.27. The van der Waals surface area contributed by atoms with Crippen molar-refractivity contribution in [1.82, 2.24) is 9.88 Å². The van der Waals surface area contributed by atoms with Crippen LogP contribution in [-0.4, -0.2) is 34.6 Å². The number of likely N-dealkylation sites (N-methyl/N-ethyl adjacent to an activating group) is 1. The van der Waals surface area contributed by atoms with Crippen LogP contribution < -0.4 is 0 Å². The fourth-order valence-corrected chi connectivity index (χ4v) is 2.03. The molecule has 1 unspecified atom stereocenters. The third-order valence-electron chi connectivity index (χ3n) is 3.63. The maximum Gasteiger partial charge on any atom is 0.328 e. The second kappa shape index (κ2) is 4.45. The van der Waals surface area contributed by atoms with E-state index >= 15 is 0 Å². The molecule has 17 heavy (non-hydrogen) atoms. The highest BCUT2D eigenvalue weighted by atomic mass is 16.4. The average Bonchev–Trinajstić information content (AvgIpc) is 3.12. The Bertz CT molecular complexity index is 403. The minimum Gasteiger partial charge on any atom is -0.480 e. The molecule has 4 nitrogen and oxygen atoms in total. The van der Waals surface area contributed by atoms with E-state index < -0.39 is 11.5 Å². The van der Waals surface area contributed by atoms with Gasteiger partial charge in [0.2, 0.25) is 0 Å². The monoisotopic (exact) mass is 234 g/mol. The van der Waals surface area contributed by atoms with Gasteiger partial charge in [0.05, 0.1) is 0 Å². The summed E-state index contributed by atoms with van der Waals surface area (Å²) in [5.74, 6) is -0.163. The third-order valence-corrected chi connectivity index (χ3v) is 3.63. The zero-order chi connectivity index (χ0) is 12.5. The van der Waals surface area contributed by atoms with E-state index in [1.165, 1.54) is 12.8 Å². The summed E-state index contributed by atoms with van der Waals surface area (Å²) in [5.41, 5.74) is -0.257. The number of carbonyl (C=O) groups is 1. The number of carboxylic acid groups (broad SMARTS) is 1. The molecule has 0 aliphatic heterocycles. The molecule has 0 radical (unpaired) electrons. The summed E-state index contributed by atoms with van der Waals surface area (Å²) in [6.45, 7) is 2.58. The summed E-state index contributed by atoms with van der Waals surface area (Å²) < 4.78 is 0. The van der Waals surface area contributed by atoms with Crippen molar-refractivity contribution in [1.29, 1.82) is 0 Å². The van der Waals surface area contributed by atoms with Crippen LogP contribution in [0.25, 0.3) is 0 Å². The van der Waals surface area contributed by atoms with E-state index in [9.17, 15) is 9.90 Å². The molecule has 0 aromatic carbocycles. The van der Waals surface area contributed by atoms with Crippen LogP contribution in [0.5, 0.6) is 0 Å². The first-order valence-corrected chi connectivity index (χ1v) is 5.90. The van der Waals surface area contributed by atoms with E-state index in [0.29, 0.717) is 5.92 Å². The van der Waals surface area contributed by atoms with Crippen LogP contribution in [0.3, 0.4) is 0 Å². The maximum absolute atomic E-state index is 11.6. The highest BCUT2D eigenvalue weighted by Crippen LogP contribution is 2.34. The minimum absolute atomic E-state index is 0.662. The van der Waals surface area contributed by atoms with Crippen molar-refractivity contribution in [3.8, 4) is 0 Å². The van der Waals surface area contributed by atoms with Gasteiger partial charge in [-0.1, -0.05) is 6.07 Å². The molecule has 0 spiro atoms. The van der Waals surface area contributed by atoms with Crippen LogP contribution in [0.1, 0.15) is 25.3 Å². The maximum atomic E-state index is 11.6. The minimum atomic E-state index is -0.989. The van der Waals surface area contributed by atoms with Crippen LogP contribution in [0.4, 0.5) is 0 Å². The lowest BCUT2D eigenvalue weighted by molar-refractivity contribution is -0.150. The number of carboxylic acids is 1. The van der Waals surface area contributed by atoms with Crippen molar-refractivity contribution < 1.29 is 9.90 Å². The molecule has 1 saturated carbocycles. The van der Waals surface area contributed by atoms with Gasteiger partial charge >= 0.3 is 5.97 Å². The SMILES string of the molecule is CN(CC1CC1)C(C)(C(=O)O)c1cccnc1. The smallest absolute Gasteiger partial charge is 0.328 e. The highest BCUT2D eigenvalue weighted by Gasteiger charge is 2.41. The van der Waals surface area contributed by atoms with Gasteiger partial charge in [-0.05, 0) is 38.8 Å². The van der Waals surface area contributed by atoms with Gasteiger partial charge in [0, 0.05) is 24.5 Å². The van der Waals surface area contributed by atoms with E-state index in [4.69, 9.17) is 0 Å². The fraction of sp³-hybridized carbons (Fsp3) is 0.538. The molecule has 1 atom stereocenters.